The molecule has 0 radical (unpaired) electrons. The van der Waals surface area contributed by atoms with Crippen molar-refractivity contribution in [1.29, 1.82) is 0 Å². The maximum atomic E-state index is 13.9. The zero-order valence-corrected chi connectivity index (χ0v) is 22.5. The summed E-state index contributed by atoms with van der Waals surface area (Å²) in [5.41, 5.74) is 1.28. The summed E-state index contributed by atoms with van der Waals surface area (Å²) in [5.74, 6) is -0.280. The minimum absolute atomic E-state index is 0.0442. The molecule has 3 amide bonds. The van der Waals surface area contributed by atoms with Crippen molar-refractivity contribution in [2.75, 3.05) is 20.3 Å². The first kappa shape index (κ1) is 28.8. The van der Waals surface area contributed by atoms with Gasteiger partial charge in [0.1, 0.15) is 30.1 Å². The normalized spacial score (nSPS) is 23.0. The molecule has 15 heteroatoms. The van der Waals surface area contributed by atoms with Crippen LogP contribution >= 0.6 is 0 Å². The Morgan fingerprint density at radius 2 is 2.02 bits per heavy atom. The highest BCUT2D eigenvalue weighted by Crippen LogP contribution is 2.37. The Balaban J connectivity index is 1.45. The molecule has 1 saturated carbocycles. The number of carbonyl (C=O) groups excluding carboxylic acids is 2. The number of fused-ring (bicyclic) bond motifs is 1. The van der Waals surface area contributed by atoms with E-state index in [0.29, 0.717) is 48.9 Å². The molecule has 11 nitrogen and oxygen atoms in total. The Morgan fingerprint density at radius 1 is 1.27 bits per heavy atom. The number of oxazole rings is 1. The van der Waals surface area contributed by atoms with Crippen molar-refractivity contribution in [1.82, 2.24) is 35.3 Å². The lowest BCUT2D eigenvalue weighted by Crippen LogP contribution is -2.40. The van der Waals surface area contributed by atoms with Crippen molar-refractivity contribution >= 4 is 23.0 Å². The highest BCUT2D eigenvalue weighted by molar-refractivity contribution is 5.90. The highest BCUT2D eigenvalue weighted by Gasteiger charge is 2.48. The average Bonchev–Trinajstić information content (AvgIpc) is 3.68. The summed E-state index contributed by atoms with van der Waals surface area (Å²) in [6, 6.07) is 0.559. The van der Waals surface area contributed by atoms with Gasteiger partial charge in [0.15, 0.2) is 5.58 Å². The number of benzene rings is 1. The molecule has 3 atom stereocenters. The Morgan fingerprint density at radius 3 is 2.68 bits per heavy atom. The van der Waals surface area contributed by atoms with E-state index in [-0.39, 0.29) is 24.2 Å². The van der Waals surface area contributed by atoms with Crippen LogP contribution in [-0.2, 0) is 11.3 Å². The fraction of sp³-hybridized carbons (Fsp3) is 0.577. The van der Waals surface area contributed by atoms with Crippen molar-refractivity contribution in [3.05, 3.63) is 41.8 Å². The van der Waals surface area contributed by atoms with Crippen molar-refractivity contribution < 1.29 is 36.3 Å². The molecule has 2 N–H and O–H groups in total. The van der Waals surface area contributed by atoms with Crippen LogP contribution in [0.15, 0.2) is 28.9 Å². The van der Waals surface area contributed by atoms with Gasteiger partial charge in [0.05, 0.1) is 19.2 Å². The molecular weight excluding hydrogens is 550 g/mol. The van der Waals surface area contributed by atoms with Crippen molar-refractivity contribution in [2.45, 2.75) is 69.6 Å². The molecule has 2 fully saturated rings. The zero-order chi connectivity index (χ0) is 29.3. The molecule has 222 valence electrons. The molecule has 3 aromatic rings. The van der Waals surface area contributed by atoms with E-state index in [1.165, 1.54) is 18.1 Å². The van der Waals surface area contributed by atoms with Gasteiger partial charge in [-0.25, -0.2) is 23.8 Å². The smallest absolute Gasteiger partial charge is 0.410 e. The first-order chi connectivity index (χ1) is 19.6. The number of carbonyl (C=O) groups is 2. The van der Waals surface area contributed by atoms with Gasteiger partial charge in [-0.1, -0.05) is 6.07 Å². The summed E-state index contributed by atoms with van der Waals surface area (Å²) in [6.07, 6.45) is -2.48. The summed E-state index contributed by atoms with van der Waals surface area (Å²) < 4.78 is 66.6. The second kappa shape index (κ2) is 11.6. The number of amides is 3. The topological polar surface area (TPSA) is 127 Å². The largest absolute Gasteiger partial charge is 0.438 e. The predicted octanol–water partition coefficient (Wildman–Crippen LogP) is 4.08. The van der Waals surface area contributed by atoms with E-state index in [2.05, 4.69) is 20.4 Å². The summed E-state index contributed by atoms with van der Waals surface area (Å²) in [4.78, 5) is 35.4. The van der Waals surface area contributed by atoms with Gasteiger partial charge in [0.25, 0.3) is 5.91 Å². The number of nitrogens with zero attached hydrogens (tertiary/aromatic N) is 5. The van der Waals surface area contributed by atoms with Gasteiger partial charge in [-0.3, -0.25) is 4.79 Å². The van der Waals surface area contributed by atoms with Crippen LogP contribution in [0.1, 0.15) is 66.8 Å². The minimum Gasteiger partial charge on any atom is -0.438 e. The number of hydrogen-bond acceptors (Lipinski definition) is 7. The fourth-order valence-corrected chi connectivity index (χ4v) is 5.51. The fourth-order valence-electron chi connectivity index (χ4n) is 5.51. The maximum absolute atomic E-state index is 13.9. The molecule has 2 aromatic heterocycles. The summed E-state index contributed by atoms with van der Waals surface area (Å²) in [7, 11) is 1.40. The number of alkyl halides is 4. The molecule has 2 aliphatic rings. The number of ether oxygens (including phenoxy) is 1. The van der Waals surface area contributed by atoms with Crippen molar-refractivity contribution in [2.24, 2.45) is 5.92 Å². The Hall–Kier alpha value is -3.75. The number of halogens is 4. The number of aryl methyl sites for hydroxylation is 1. The minimum atomic E-state index is -4.59. The van der Waals surface area contributed by atoms with Gasteiger partial charge in [-0.2, -0.15) is 18.3 Å². The van der Waals surface area contributed by atoms with Gasteiger partial charge in [-0.05, 0) is 56.2 Å². The number of methoxy groups -OCH3 is 1. The predicted molar refractivity (Wildman–Crippen MR) is 136 cm³/mol. The van der Waals surface area contributed by atoms with Gasteiger partial charge in [0, 0.05) is 13.7 Å². The highest BCUT2D eigenvalue weighted by atomic mass is 19.4. The third-order valence-electron chi connectivity index (χ3n) is 7.69. The van der Waals surface area contributed by atoms with E-state index < -0.39 is 49.0 Å². The molecule has 0 unspecified atom stereocenters. The molecule has 5 rings (SSSR count). The lowest BCUT2D eigenvalue weighted by molar-refractivity contribution is -0.150. The number of urea groups is 1. The number of aromatic nitrogens is 4. The first-order valence-corrected chi connectivity index (χ1v) is 13.4. The molecule has 1 aliphatic heterocycles. The molecule has 3 heterocycles. The number of rotatable bonds is 9. The summed E-state index contributed by atoms with van der Waals surface area (Å²) >= 11 is 0. The lowest BCUT2D eigenvalue weighted by atomic mass is 9.83. The van der Waals surface area contributed by atoms with E-state index in [1.807, 2.05) is 12.2 Å². The average molecular weight is 582 g/mol. The summed E-state index contributed by atoms with van der Waals surface area (Å²) in [6.45, 7) is 1.66. The van der Waals surface area contributed by atoms with E-state index in [0.717, 1.165) is 4.90 Å². The molecule has 41 heavy (non-hydrogen) atoms. The van der Waals surface area contributed by atoms with Crippen LogP contribution < -0.4 is 10.6 Å². The SMILES string of the molecule is CCn1ncnc1C(=O)N[C@H](c1nc2cc([C@@H](COC)N3C[C@@H](C(F)(F)F)NC3=O)ccc2o1)C1CCC(F)CC1. The number of nitrogens with one attached hydrogen (secondary N) is 2. The molecule has 0 spiro atoms. The van der Waals surface area contributed by atoms with Crippen LogP contribution in [0.25, 0.3) is 11.1 Å². The Labute approximate surface area is 232 Å². The quantitative estimate of drug-likeness (QED) is 0.365. The Bertz CT molecular complexity index is 1390. The standard InChI is InChI=1S/C26H31F4N7O4/c1-3-37-22(31-13-32-37)23(38)35-21(14-4-7-16(27)8-5-14)24-33-17-10-15(6-9-19(17)41-24)18(12-40-2)36-11-20(26(28,29)30)34-25(36)39/h6,9-10,13-14,16,18,20-21H,3-5,7-8,11-12H2,1-2H3,(H,34,39)(H,35,38)/t14?,16?,18-,20+,21+/m1/s1. The van der Waals surface area contributed by atoms with Crippen LogP contribution in [0.5, 0.6) is 0 Å². The molecule has 1 aliphatic carbocycles. The van der Waals surface area contributed by atoms with E-state index >= 15 is 0 Å². The van der Waals surface area contributed by atoms with E-state index in [1.54, 1.807) is 18.2 Å². The summed E-state index contributed by atoms with van der Waals surface area (Å²) in [5, 5.41) is 8.98. The molecule has 1 aromatic carbocycles. The van der Waals surface area contributed by atoms with Gasteiger partial charge in [0.2, 0.25) is 11.7 Å². The third kappa shape index (κ3) is 5.99. The maximum Gasteiger partial charge on any atom is 0.410 e. The van der Waals surface area contributed by atoms with Crippen molar-refractivity contribution in [3.8, 4) is 0 Å². The lowest BCUT2D eigenvalue weighted by Gasteiger charge is -2.30. The molecule has 1 saturated heterocycles. The first-order valence-electron chi connectivity index (χ1n) is 13.4. The van der Waals surface area contributed by atoms with E-state index in [9.17, 15) is 27.2 Å². The van der Waals surface area contributed by atoms with Crippen LogP contribution in [0.2, 0.25) is 0 Å². The van der Waals surface area contributed by atoms with Crippen LogP contribution in [0.3, 0.4) is 0 Å². The second-order valence-electron chi connectivity index (χ2n) is 10.3. The zero-order valence-electron chi connectivity index (χ0n) is 22.5. The van der Waals surface area contributed by atoms with Crippen molar-refractivity contribution in [3.63, 3.8) is 0 Å². The van der Waals surface area contributed by atoms with Crippen LogP contribution in [-0.4, -0.2) is 75.2 Å². The van der Waals surface area contributed by atoms with Gasteiger partial charge >= 0.3 is 12.2 Å². The molecular formula is C26H31F4N7O4. The third-order valence-corrected chi connectivity index (χ3v) is 7.69. The van der Waals surface area contributed by atoms with Crippen LogP contribution in [0, 0.1) is 5.92 Å². The van der Waals surface area contributed by atoms with Gasteiger partial charge in [-0.15, -0.1) is 0 Å². The van der Waals surface area contributed by atoms with E-state index in [4.69, 9.17) is 9.15 Å². The van der Waals surface area contributed by atoms with Crippen LogP contribution in [0.4, 0.5) is 22.4 Å². The monoisotopic (exact) mass is 581 g/mol. The molecule has 0 bridgehead atoms. The number of hydrogen-bond donors (Lipinski definition) is 2. The Kier molecular flexibility index (Phi) is 8.16. The second-order valence-corrected chi connectivity index (χ2v) is 10.3. The van der Waals surface area contributed by atoms with Gasteiger partial charge < -0.3 is 24.7 Å².